The number of piperidine rings is 1. The van der Waals surface area contributed by atoms with Crippen LogP contribution in [0.5, 0.6) is 5.75 Å². The highest BCUT2D eigenvalue weighted by atomic mass is 16.5. The molecule has 27 heavy (non-hydrogen) atoms. The maximum absolute atomic E-state index is 12.2. The highest BCUT2D eigenvalue weighted by Crippen LogP contribution is 2.26. The van der Waals surface area contributed by atoms with E-state index in [1.165, 1.54) is 0 Å². The van der Waals surface area contributed by atoms with Gasteiger partial charge in [-0.25, -0.2) is 4.98 Å². The first-order chi connectivity index (χ1) is 13.1. The summed E-state index contributed by atoms with van der Waals surface area (Å²) >= 11 is 0. The van der Waals surface area contributed by atoms with Crippen molar-refractivity contribution in [1.29, 1.82) is 0 Å². The Morgan fingerprint density at radius 2 is 1.93 bits per heavy atom. The summed E-state index contributed by atoms with van der Waals surface area (Å²) in [6.45, 7) is 4.58. The first-order valence-corrected chi connectivity index (χ1v) is 9.76. The molecule has 4 rings (SSSR count). The van der Waals surface area contributed by atoms with Crippen molar-refractivity contribution in [2.24, 2.45) is 5.92 Å². The maximum Gasteiger partial charge on any atom is 0.226 e. The van der Waals surface area contributed by atoms with Crippen molar-refractivity contribution >= 4 is 5.91 Å². The number of hydrogen-bond donors (Lipinski definition) is 1. The van der Waals surface area contributed by atoms with Gasteiger partial charge in [0.1, 0.15) is 11.5 Å². The normalized spacial score (nSPS) is 18.4. The quantitative estimate of drug-likeness (QED) is 0.847. The van der Waals surface area contributed by atoms with Crippen LogP contribution in [0.15, 0.2) is 28.7 Å². The van der Waals surface area contributed by atoms with Gasteiger partial charge in [-0.2, -0.15) is 0 Å². The lowest BCUT2D eigenvalue weighted by molar-refractivity contribution is -0.126. The number of ether oxygens (including phenoxy) is 1. The van der Waals surface area contributed by atoms with Gasteiger partial charge in [0, 0.05) is 24.1 Å². The van der Waals surface area contributed by atoms with Crippen LogP contribution in [-0.4, -0.2) is 42.0 Å². The topological polar surface area (TPSA) is 67.6 Å². The lowest BCUT2D eigenvalue weighted by Crippen LogP contribution is -2.40. The van der Waals surface area contributed by atoms with Gasteiger partial charge in [0.2, 0.25) is 11.8 Å². The highest BCUT2D eigenvalue weighted by Gasteiger charge is 2.30. The molecule has 0 spiro atoms. The van der Waals surface area contributed by atoms with Crippen molar-refractivity contribution in [3.05, 3.63) is 35.7 Å². The molecule has 2 aliphatic rings. The van der Waals surface area contributed by atoms with Crippen molar-refractivity contribution in [2.75, 3.05) is 20.2 Å². The fourth-order valence-electron chi connectivity index (χ4n) is 3.54. The summed E-state index contributed by atoms with van der Waals surface area (Å²) in [6, 6.07) is 8.18. The summed E-state index contributed by atoms with van der Waals surface area (Å²) in [5.41, 5.74) is 1.92. The number of carbonyl (C=O) groups excluding carboxylic acids is 1. The zero-order chi connectivity index (χ0) is 18.8. The minimum Gasteiger partial charge on any atom is -0.497 e. The molecular weight excluding hydrogens is 342 g/mol. The minimum atomic E-state index is 0.162. The smallest absolute Gasteiger partial charge is 0.226 e. The summed E-state index contributed by atoms with van der Waals surface area (Å²) in [6.07, 6.45) is 4.13. The van der Waals surface area contributed by atoms with Crippen LogP contribution in [0, 0.1) is 12.8 Å². The number of methoxy groups -OCH3 is 1. The van der Waals surface area contributed by atoms with E-state index in [9.17, 15) is 4.79 Å². The number of rotatable bonds is 6. The second-order valence-corrected chi connectivity index (χ2v) is 7.58. The van der Waals surface area contributed by atoms with Crippen LogP contribution in [0.3, 0.4) is 0 Å². The molecule has 1 aromatic heterocycles. The largest absolute Gasteiger partial charge is 0.497 e. The van der Waals surface area contributed by atoms with E-state index in [4.69, 9.17) is 14.1 Å². The van der Waals surface area contributed by atoms with Gasteiger partial charge in [-0.05, 0) is 70.0 Å². The van der Waals surface area contributed by atoms with Crippen molar-refractivity contribution in [1.82, 2.24) is 15.2 Å². The molecule has 0 bridgehead atoms. The lowest BCUT2D eigenvalue weighted by atomic mass is 9.95. The van der Waals surface area contributed by atoms with Crippen LogP contribution in [0.2, 0.25) is 0 Å². The van der Waals surface area contributed by atoms with Gasteiger partial charge in [-0.3, -0.25) is 9.69 Å². The van der Waals surface area contributed by atoms with E-state index in [-0.39, 0.29) is 11.8 Å². The molecule has 1 saturated carbocycles. The van der Waals surface area contributed by atoms with Crippen LogP contribution in [0.25, 0.3) is 11.5 Å². The Bertz CT molecular complexity index is 788. The summed E-state index contributed by atoms with van der Waals surface area (Å²) in [7, 11) is 1.65. The van der Waals surface area contributed by atoms with Crippen molar-refractivity contribution in [3.8, 4) is 17.2 Å². The first-order valence-electron chi connectivity index (χ1n) is 9.76. The Hall–Kier alpha value is -2.34. The summed E-state index contributed by atoms with van der Waals surface area (Å²) < 4.78 is 11.1. The highest BCUT2D eigenvalue weighted by molar-refractivity contribution is 5.79. The van der Waals surface area contributed by atoms with Gasteiger partial charge in [0.15, 0.2) is 0 Å². The average Bonchev–Trinajstić information content (AvgIpc) is 3.44. The van der Waals surface area contributed by atoms with Crippen molar-refractivity contribution in [2.45, 2.75) is 45.2 Å². The summed E-state index contributed by atoms with van der Waals surface area (Å²) in [4.78, 5) is 19.3. The van der Waals surface area contributed by atoms with Gasteiger partial charge < -0.3 is 14.5 Å². The van der Waals surface area contributed by atoms with Crippen molar-refractivity contribution in [3.63, 3.8) is 0 Å². The molecule has 1 aliphatic carbocycles. The molecule has 1 saturated heterocycles. The van der Waals surface area contributed by atoms with Crippen LogP contribution in [0.1, 0.15) is 37.1 Å². The lowest BCUT2D eigenvalue weighted by Gasteiger charge is -2.30. The molecule has 1 aromatic carbocycles. The Morgan fingerprint density at radius 3 is 2.56 bits per heavy atom. The third kappa shape index (κ3) is 4.33. The number of carbonyl (C=O) groups is 1. The number of nitrogens with one attached hydrogen (secondary N) is 1. The third-order valence-corrected chi connectivity index (χ3v) is 5.49. The fourth-order valence-corrected chi connectivity index (χ4v) is 3.54. The fraction of sp³-hybridized carbons (Fsp3) is 0.524. The molecule has 0 unspecified atom stereocenters. The average molecular weight is 369 g/mol. The SMILES string of the molecule is COc1ccc(-c2nc(CN3CCC(C(=O)NC4CC4)CC3)c(C)o2)cc1. The molecule has 0 atom stereocenters. The number of nitrogens with zero attached hydrogens (tertiary/aromatic N) is 2. The molecule has 2 aromatic rings. The summed E-state index contributed by atoms with van der Waals surface area (Å²) in [5, 5.41) is 3.13. The standard InChI is InChI=1S/C21H27N3O3/c1-14-19(23-21(27-14)16-3-7-18(26-2)8-4-16)13-24-11-9-15(10-12-24)20(25)22-17-5-6-17/h3-4,7-8,15,17H,5-6,9-13H2,1-2H3,(H,22,25). The molecule has 2 fully saturated rings. The molecule has 144 valence electrons. The van der Waals surface area contributed by atoms with Crippen molar-refractivity contribution < 1.29 is 13.9 Å². The van der Waals surface area contributed by atoms with Crippen LogP contribution in [-0.2, 0) is 11.3 Å². The Morgan fingerprint density at radius 1 is 1.22 bits per heavy atom. The molecule has 1 N–H and O–H groups in total. The van der Waals surface area contributed by atoms with E-state index >= 15 is 0 Å². The van der Waals surface area contributed by atoms with Crippen LogP contribution in [0.4, 0.5) is 0 Å². The van der Waals surface area contributed by atoms with E-state index in [2.05, 4.69) is 10.2 Å². The zero-order valence-electron chi connectivity index (χ0n) is 16.0. The number of amides is 1. The molecule has 1 amide bonds. The number of likely N-dealkylation sites (tertiary alicyclic amines) is 1. The number of aromatic nitrogens is 1. The zero-order valence-corrected chi connectivity index (χ0v) is 16.0. The second kappa shape index (κ2) is 7.72. The third-order valence-electron chi connectivity index (χ3n) is 5.49. The predicted octanol–water partition coefficient (Wildman–Crippen LogP) is 3.15. The van der Waals surface area contributed by atoms with Gasteiger partial charge >= 0.3 is 0 Å². The Labute approximate surface area is 159 Å². The van der Waals surface area contributed by atoms with E-state index < -0.39 is 0 Å². The van der Waals surface area contributed by atoms with Gasteiger partial charge in [-0.15, -0.1) is 0 Å². The van der Waals surface area contributed by atoms with Gasteiger partial charge in [-0.1, -0.05) is 0 Å². The van der Waals surface area contributed by atoms with E-state index in [0.29, 0.717) is 11.9 Å². The van der Waals surface area contributed by atoms with E-state index in [0.717, 1.165) is 68.1 Å². The molecular formula is C21H27N3O3. The predicted molar refractivity (Wildman–Crippen MR) is 102 cm³/mol. The molecule has 0 radical (unpaired) electrons. The van der Waals surface area contributed by atoms with Crippen LogP contribution >= 0.6 is 0 Å². The number of benzene rings is 1. The second-order valence-electron chi connectivity index (χ2n) is 7.58. The van der Waals surface area contributed by atoms with Crippen LogP contribution < -0.4 is 10.1 Å². The van der Waals surface area contributed by atoms with Gasteiger partial charge in [0.25, 0.3) is 0 Å². The monoisotopic (exact) mass is 369 g/mol. The first kappa shape index (κ1) is 18.0. The number of hydrogen-bond acceptors (Lipinski definition) is 5. The van der Waals surface area contributed by atoms with E-state index in [1.54, 1.807) is 7.11 Å². The summed E-state index contributed by atoms with van der Waals surface area (Å²) in [5.74, 6) is 2.72. The maximum atomic E-state index is 12.2. The minimum absolute atomic E-state index is 0.162. The number of aryl methyl sites for hydroxylation is 1. The molecule has 6 nitrogen and oxygen atoms in total. The number of oxazole rings is 1. The molecule has 6 heteroatoms. The Balaban J connectivity index is 1.34. The van der Waals surface area contributed by atoms with E-state index in [1.807, 2.05) is 31.2 Å². The molecule has 2 heterocycles. The van der Waals surface area contributed by atoms with Gasteiger partial charge in [0.05, 0.1) is 12.8 Å². The molecule has 1 aliphatic heterocycles. The Kier molecular flexibility index (Phi) is 5.16.